The van der Waals surface area contributed by atoms with Crippen LogP contribution in [0.25, 0.3) is 16.9 Å². The SMILES string of the molecule is O=C(Cl)c1ccc(-c2cccc3nc(NC(=O)C4CC4)nn23)cc1. The highest BCUT2D eigenvalue weighted by Gasteiger charge is 2.30. The predicted molar refractivity (Wildman–Crippen MR) is 90.0 cm³/mol. The van der Waals surface area contributed by atoms with Crippen molar-refractivity contribution < 1.29 is 9.59 Å². The minimum atomic E-state index is -0.495. The maximum atomic E-state index is 11.9. The molecule has 1 aliphatic carbocycles. The lowest BCUT2D eigenvalue weighted by molar-refractivity contribution is -0.117. The first-order valence-corrected chi connectivity index (χ1v) is 7.96. The van der Waals surface area contributed by atoms with Gasteiger partial charge in [-0.15, -0.1) is 5.10 Å². The van der Waals surface area contributed by atoms with E-state index < -0.39 is 5.24 Å². The molecule has 0 aliphatic heterocycles. The van der Waals surface area contributed by atoms with E-state index in [1.54, 1.807) is 28.8 Å². The molecule has 1 fully saturated rings. The van der Waals surface area contributed by atoms with Gasteiger partial charge in [0.25, 0.3) is 5.24 Å². The van der Waals surface area contributed by atoms with Crippen LogP contribution >= 0.6 is 11.6 Å². The molecule has 7 heteroatoms. The summed E-state index contributed by atoms with van der Waals surface area (Å²) in [5.74, 6) is 0.362. The average molecular weight is 341 g/mol. The monoisotopic (exact) mass is 340 g/mol. The Kier molecular flexibility index (Phi) is 3.54. The van der Waals surface area contributed by atoms with Crippen LogP contribution in [-0.2, 0) is 4.79 Å². The van der Waals surface area contributed by atoms with Gasteiger partial charge in [0.2, 0.25) is 11.9 Å². The lowest BCUT2D eigenvalue weighted by atomic mass is 10.1. The van der Waals surface area contributed by atoms with Gasteiger partial charge in [-0.2, -0.15) is 4.98 Å². The zero-order valence-corrected chi connectivity index (χ0v) is 13.3. The van der Waals surface area contributed by atoms with Crippen LogP contribution in [0, 0.1) is 5.92 Å². The van der Waals surface area contributed by atoms with Gasteiger partial charge in [-0.05, 0) is 48.7 Å². The minimum Gasteiger partial charge on any atom is -0.293 e. The van der Waals surface area contributed by atoms with Gasteiger partial charge in [0.15, 0.2) is 5.65 Å². The molecular formula is C17H13ClN4O2. The number of hydrogen-bond donors (Lipinski definition) is 1. The molecule has 1 amide bonds. The van der Waals surface area contributed by atoms with E-state index in [1.165, 1.54) is 0 Å². The van der Waals surface area contributed by atoms with Crippen LogP contribution in [0.5, 0.6) is 0 Å². The number of benzene rings is 1. The third kappa shape index (κ3) is 2.76. The van der Waals surface area contributed by atoms with Crippen LogP contribution in [-0.4, -0.2) is 25.7 Å². The summed E-state index contributed by atoms with van der Waals surface area (Å²) in [6, 6.07) is 12.5. The fourth-order valence-corrected chi connectivity index (χ4v) is 2.63. The highest BCUT2D eigenvalue weighted by atomic mass is 35.5. The zero-order chi connectivity index (χ0) is 16.7. The Balaban J connectivity index is 1.70. The highest BCUT2D eigenvalue weighted by Crippen LogP contribution is 2.30. The summed E-state index contributed by atoms with van der Waals surface area (Å²) in [5, 5.41) is 6.63. The number of aromatic nitrogens is 3. The lowest BCUT2D eigenvalue weighted by Crippen LogP contribution is -2.14. The van der Waals surface area contributed by atoms with Gasteiger partial charge in [-0.25, -0.2) is 4.52 Å². The Morgan fingerprint density at radius 1 is 1.12 bits per heavy atom. The third-order valence-corrected chi connectivity index (χ3v) is 4.17. The first-order valence-electron chi connectivity index (χ1n) is 7.59. The Morgan fingerprint density at radius 3 is 2.54 bits per heavy atom. The first-order chi connectivity index (χ1) is 11.6. The van der Waals surface area contributed by atoms with Crippen molar-refractivity contribution in [3.8, 4) is 11.3 Å². The highest BCUT2D eigenvalue weighted by molar-refractivity contribution is 6.67. The van der Waals surface area contributed by atoms with Gasteiger partial charge in [-0.1, -0.05) is 18.2 Å². The zero-order valence-electron chi connectivity index (χ0n) is 12.6. The van der Waals surface area contributed by atoms with Crippen molar-refractivity contribution in [2.24, 2.45) is 5.92 Å². The summed E-state index contributed by atoms with van der Waals surface area (Å²) < 4.78 is 1.67. The predicted octanol–water partition coefficient (Wildman–Crippen LogP) is 3.12. The summed E-state index contributed by atoms with van der Waals surface area (Å²) >= 11 is 5.47. The van der Waals surface area contributed by atoms with Crippen LogP contribution in [0.3, 0.4) is 0 Å². The number of nitrogens with one attached hydrogen (secondary N) is 1. The van der Waals surface area contributed by atoms with Crippen LogP contribution in [0.2, 0.25) is 0 Å². The Hall–Kier alpha value is -2.73. The molecular weight excluding hydrogens is 328 g/mol. The topological polar surface area (TPSA) is 76.4 Å². The van der Waals surface area contributed by atoms with Crippen molar-refractivity contribution in [1.29, 1.82) is 0 Å². The molecule has 0 atom stereocenters. The standard InChI is InChI=1S/C17H13ClN4O2/c18-15(23)11-6-4-10(5-7-11)13-2-1-3-14-19-17(21-22(13)14)20-16(24)12-8-9-12/h1-7,12H,8-9H2,(H,20,21,24). The molecule has 1 aliphatic rings. The molecule has 6 nitrogen and oxygen atoms in total. The number of carbonyl (C=O) groups excluding carboxylic acids is 2. The fraction of sp³-hybridized carbons (Fsp3) is 0.176. The maximum Gasteiger partial charge on any atom is 0.252 e. The molecule has 4 rings (SSSR count). The number of fused-ring (bicyclic) bond motifs is 1. The van der Waals surface area contributed by atoms with Crippen molar-refractivity contribution in [2.75, 3.05) is 5.32 Å². The largest absolute Gasteiger partial charge is 0.293 e. The molecule has 0 saturated heterocycles. The number of pyridine rings is 1. The molecule has 1 saturated carbocycles. The van der Waals surface area contributed by atoms with E-state index >= 15 is 0 Å². The lowest BCUT2D eigenvalue weighted by Gasteiger charge is -2.04. The number of hydrogen-bond acceptors (Lipinski definition) is 4. The number of nitrogens with zero attached hydrogens (tertiary/aromatic N) is 3. The van der Waals surface area contributed by atoms with Crippen molar-refractivity contribution in [3.05, 3.63) is 48.0 Å². The van der Waals surface area contributed by atoms with Crippen molar-refractivity contribution in [1.82, 2.24) is 14.6 Å². The average Bonchev–Trinajstić information content (AvgIpc) is 3.35. The summed E-state index contributed by atoms with van der Waals surface area (Å²) in [4.78, 5) is 27.4. The molecule has 3 aromatic rings. The van der Waals surface area contributed by atoms with Gasteiger partial charge in [0.1, 0.15) is 0 Å². The van der Waals surface area contributed by atoms with Gasteiger partial charge < -0.3 is 0 Å². The first kappa shape index (κ1) is 14.8. The Labute approximate surface area is 142 Å². The Morgan fingerprint density at radius 2 is 1.88 bits per heavy atom. The number of carbonyl (C=O) groups is 2. The van der Waals surface area contributed by atoms with E-state index in [1.807, 2.05) is 18.2 Å². The maximum absolute atomic E-state index is 11.9. The fourth-order valence-electron chi connectivity index (χ4n) is 2.51. The molecule has 0 bridgehead atoms. The Bertz CT molecular complexity index is 945. The van der Waals surface area contributed by atoms with E-state index in [4.69, 9.17) is 11.6 Å². The quantitative estimate of drug-likeness (QED) is 0.740. The number of halogens is 1. The van der Waals surface area contributed by atoms with Crippen LogP contribution < -0.4 is 5.32 Å². The van der Waals surface area contributed by atoms with Crippen LogP contribution in [0.1, 0.15) is 23.2 Å². The van der Waals surface area contributed by atoms with E-state index in [9.17, 15) is 9.59 Å². The second-order valence-electron chi connectivity index (χ2n) is 5.73. The molecule has 1 aromatic carbocycles. The van der Waals surface area contributed by atoms with E-state index in [2.05, 4.69) is 15.4 Å². The van der Waals surface area contributed by atoms with Crippen LogP contribution in [0.15, 0.2) is 42.5 Å². The van der Waals surface area contributed by atoms with Gasteiger partial charge >= 0.3 is 0 Å². The van der Waals surface area contributed by atoms with Gasteiger partial charge in [-0.3, -0.25) is 14.9 Å². The smallest absolute Gasteiger partial charge is 0.252 e. The molecule has 24 heavy (non-hydrogen) atoms. The van der Waals surface area contributed by atoms with E-state index in [-0.39, 0.29) is 11.8 Å². The molecule has 0 spiro atoms. The normalized spacial score (nSPS) is 13.9. The molecule has 0 unspecified atom stereocenters. The molecule has 2 heterocycles. The van der Waals surface area contributed by atoms with Crippen LogP contribution in [0.4, 0.5) is 5.95 Å². The summed E-state index contributed by atoms with van der Waals surface area (Å²) in [6.07, 6.45) is 1.85. The van der Waals surface area contributed by atoms with Crippen molar-refractivity contribution in [2.45, 2.75) is 12.8 Å². The van der Waals surface area contributed by atoms with Crippen molar-refractivity contribution in [3.63, 3.8) is 0 Å². The number of rotatable bonds is 4. The van der Waals surface area contributed by atoms with E-state index in [0.717, 1.165) is 24.1 Å². The minimum absolute atomic E-state index is 0.0302. The second-order valence-corrected chi connectivity index (χ2v) is 6.07. The summed E-state index contributed by atoms with van der Waals surface area (Å²) in [5.41, 5.74) is 2.74. The molecule has 120 valence electrons. The summed E-state index contributed by atoms with van der Waals surface area (Å²) in [6.45, 7) is 0. The van der Waals surface area contributed by atoms with Crippen molar-refractivity contribution >= 4 is 34.3 Å². The summed E-state index contributed by atoms with van der Waals surface area (Å²) in [7, 11) is 0. The second kappa shape index (κ2) is 5.72. The van der Waals surface area contributed by atoms with Gasteiger partial charge in [0, 0.05) is 17.0 Å². The third-order valence-electron chi connectivity index (χ3n) is 3.95. The molecule has 2 aromatic heterocycles. The number of amides is 1. The number of anilines is 1. The van der Waals surface area contributed by atoms with Gasteiger partial charge in [0.05, 0.1) is 5.69 Å². The van der Waals surface area contributed by atoms with E-state index in [0.29, 0.717) is 17.2 Å². The molecule has 1 N–H and O–H groups in total. The molecule has 0 radical (unpaired) electrons.